The molecule has 0 saturated heterocycles. The van der Waals surface area contributed by atoms with Crippen LogP contribution in [0.3, 0.4) is 0 Å². The summed E-state index contributed by atoms with van der Waals surface area (Å²) in [5, 5.41) is 9.72. The summed E-state index contributed by atoms with van der Waals surface area (Å²) in [5.74, 6) is -0.0701. The molecule has 2 N–H and O–H groups in total. The highest BCUT2D eigenvalue weighted by Gasteiger charge is 2.14. The van der Waals surface area contributed by atoms with E-state index in [0.717, 1.165) is 10.9 Å². The van der Waals surface area contributed by atoms with E-state index in [1.54, 1.807) is 13.1 Å². The van der Waals surface area contributed by atoms with Crippen LogP contribution in [0.4, 0.5) is 0 Å². The minimum Gasteiger partial charge on any atom is -0.395 e. The molecule has 2 rings (SSSR count). The van der Waals surface area contributed by atoms with Gasteiger partial charge < -0.3 is 15.0 Å². The van der Waals surface area contributed by atoms with Gasteiger partial charge in [-0.3, -0.25) is 4.79 Å². The zero-order chi connectivity index (χ0) is 11.5. The molecule has 1 aromatic heterocycles. The number of aromatic nitrogens is 1. The molecule has 16 heavy (non-hydrogen) atoms. The Morgan fingerprint density at radius 3 is 3.00 bits per heavy atom. The first-order valence-corrected chi connectivity index (χ1v) is 5.16. The van der Waals surface area contributed by atoms with Crippen LogP contribution in [-0.4, -0.2) is 41.1 Å². The standard InChI is InChI=1S/C12H14N2O2/c1-14(7-8-15)12(16)10-3-2-4-11-9(10)5-6-13-11/h2-6,13,15H,7-8H2,1H3. The van der Waals surface area contributed by atoms with Crippen LogP contribution in [0.1, 0.15) is 10.4 Å². The third-order valence-corrected chi connectivity index (χ3v) is 2.61. The number of aliphatic hydroxyl groups is 1. The van der Waals surface area contributed by atoms with Crippen molar-refractivity contribution in [2.45, 2.75) is 0 Å². The van der Waals surface area contributed by atoms with Crippen molar-refractivity contribution in [3.8, 4) is 0 Å². The van der Waals surface area contributed by atoms with Gasteiger partial charge in [0.15, 0.2) is 0 Å². The molecule has 0 atom stereocenters. The number of carbonyl (C=O) groups is 1. The van der Waals surface area contributed by atoms with E-state index in [0.29, 0.717) is 12.1 Å². The lowest BCUT2D eigenvalue weighted by Crippen LogP contribution is -2.29. The molecule has 0 aliphatic carbocycles. The second-order valence-corrected chi connectivity index (χ2v) is 3.69. The van der Waals surface area contributed by atoms with E-state index < -0.39 is 0 Å². The summed E-state index contributed by atoms with van der Waals surface area (Å²) in [4.78, 5) is 16.6. The molecule has 0 spiro atoms. The predicted octanol–water partition coefficient (Wildman–Crippen LogP) is 1.23. The van der Waals surface area contributed by atoms with Crippen LogP contribution in [-0.2, 0) is 0 Å². The number of carbonyl (C=O) groups excluding carboxylic acids is 1. The van der Waals surface area contributed by atoms with E-state index in [1.807, 2.05) is 24.4 Å². The van der Waals surface area contributed by atoms with Gasteiger partial charge in [-0.15, -0.1) is 0 Å². The molecule has 0 radical (unpaired) electrons. The second-order valence-electron chi connectivity index (χ2n) is 3.69. The Balaban J connectivity index is 2.39. The Kier molecular flexibility index (Phi) is 2.92. The van der Waals surface area contributed by atoms with Crippen LogP contribution in [0.25, 0.3) is 10.9 Å². The van der Waals surface area contributed by atoms with Crippen molar-refractivity contribution in [1.82, 2.24) is 9.88 Å². The SMILES string of the molecule is CN(CCO)C(=O)c1cccc2[nH]ccc12. The number of hydrogen-bond donors (Lipinski definition) is 2. The largest absolute Gasteiger partial charge is 0.395 e. The Morgan fingerprint density at radius 1 is 1.44 bits per heavy atom. The third-order valence-electron chi connectivity index (χ3n) is 2.61. The van der Waals surface area contributed by atoms with Gasteiger partial charge in [0.1, 0.15) is 0 Å². The molecule has 0 saturated carbocycles. The van der Waals surface area contributed by atoms with Gasteiger partial charge in [-0.05, 0) is 18.2 Å². The molecule has 0 aliphatic rings. The molecular weight excluding hydrogens is 204 g/mol. The van der Waals surface area contributed by atoms with E-state index in [-0.39, 0.29) is 12.5 Å². The van der Waals surface area contributed by atoms with E-state index in [1.165, 1.54) is 4.90 Å². The maximum atomic E-state index is 12.0. The summed E-state index contributed by atoms with van der Waals surface area (Å²) in [6.07, 6.45) is 1.81. The second kappa shape index (κ2) is 4.37. The minimum atomic E-state index is -0.0701. The predicted molar refractivity (Wildman–Crippen MR) is 62.3 cm³/mol. The summed E-state index contributed by atoms with van der Waals surface area (Å²) < 4.78 is 0. The molecule has 4 nitrogen and oxygen atoms in total. The fourth-order valence-corrected chi connectivity index (χ4v) is 1.73. The van der Waals surface area contributed by atoms with Crippen LogP contribution in [0.15, 0.2) is 30.5 Å². The minimum absolute atomic E-state index is 0.0225. The number of fused-ring (bicyclic) bond motifs is 1. The number of benzene rings is 1. The van der Waals surface area contributed by atoms with Gasteiger partial charge in [0, 0.05) is 36.3 Å². The first kappa shape index (κ1) is 10.7. The van der Waals surface area contributed by atoms with Crippen molar-refractivity contribution in [2.24, 2.45) is 0 Å². The maximum absolute atomic E-state index is 12.0. The summed E-state index contributed by atoms with van der Waals surface area (Å²) in [6, 6.07) is 7.46. The Bertz CT molecular complexity index is 504. The molecule has 0 aliphatic heterocycles. The van der Waals surface area contributed by atoms with Gasteiger partial charge in [0.05, 0.1) is 6.61 Å². The van der Waals surface area contributed by atoms with Crippen molar-refractivity contribution in [3.05, 3.63) is 36.0 Å². The lowest BCUT2D eigenvalue weighted by molar-refractivity contribution is 0.0769. The highest BCUT2D eigenvalue weighted by Crippen LogP contribution is 2.18. The van der Waals surface area contributed by atoms with E-state index in [2.05, 4.69) is 4.98 Å². The molecule has 84 valence electrons. The number of aromatic amines is 1. The Labute approximate surface area is 93.5 Å². The van der Waals surface area contributed by atoms with Gasteiger partial charge in [-0.25, -0.2) is 0 Å². The molecule has 1 heterocycles. The number of hydrogen-bond acceptors (Lipinski definition) is 2. The molecule has 0 unspecified atom stereocenters. The van der Waals surface area contributed by atoms with Crippen molar-refractivity contribution in [2.75, 3.05) is 20.2 Å². The van der Waals surface area contributed by atoms with Crippen molar-refractivity contribution in [1.29, 1.82) is 0 Å². The smallest absolute Gasteiger partial charge is 0.254 e. The van der Waals surface area contributed by atoms with Crippen molar-refractivity contribution >= 4 is 16.8 Å². The van der Waals surface area contributed by atoms with Crippen LogP contribution >= 0.6 is 0 Å². The van der Waals surface area contributed by atoms with E-state index in [4.69, 9.17) is 5.11 Å². The van der Waals surface area contributed by atoms with E-state index in [9.17, 15) is 4.79 Å². The van der Waals surface area contributed by atoms with Crippen LogP contribution < -0.4 is 0 Å². The normalized spacial score (nSPS) is 10.6. The highest BCUT2D eigenvalue weighted by atomic mass is 16.3. The van der Waals surface area contributed by atoms with Crippen LogP contribution in [0.2, 0.25) is 0 Å². The maximum Gasteiger partial charge on any atom is 0.254 e. The lowest BCUT2D eigenvalue weighted by atomic mass is 10.1. The topological polar surface area (TPSA) is 56.3 Å². The molecule has 1 amide bonds. The van der Waals surface area contributed by atoms with Crippen LogP contribution in [0, 0.1) is 0 Å². The highest BCUT2D eigenvalue weighted by molar-refractivity contribution is 6.06. The van der Waals surface area contributed by atoms with Gasteiger partial charge >= 0.3 is 0 Å². The molecule has 2 aromatic rings. The number of likely N-dealkylation sites (N-methyl/N-ethyl adjacent to an activating group) is 1. The monoisotopic (exact) mass is 218 g/mol. The number of amides is 1. The zero-order valence-electron chi connectivity index (χ0n) is 9.10. The molecule has 1 aromatic carbocycles. The summed E-state index contributed by atoms with van der Waals surface area (Å²) in [7, 11) is 1.68. The summed E-state index contributed by atoms with van der Waals surface area (Å²) in [6.45, 7) is 0.324. The number of aliphatic hydroxyl groups excluding tert-OH is 1. The quantitative estimate of drug-likeness (QED) is 0.814. The molecule has 4 heteroatoms. The zero-order valence-corrected chi connectivity index (χ0v) is 9.10. The van der Waals surface area contributed by atoms with Gasteiger partial charge in [0.25, 0.3) is 5.91 Å². The Morgan fingerprint density at radius 2 is 2.25 bits per heavy atom. The molecule has 0 fully saturated rings. The molecular formula is C12H14N2O2. The average Bonchev–Trinajstić information content (AvgIpc) is 2.76. The fourth-order valence-electron chi connectivity index (χ4n) is 1.73. The number of nitrogens with zero attached hydrogens (tertiary/aromatic N) is 1. The number of rotatable bonds is 3. The summed E-state index contributed by atoms with van der Waals surface area (Å²) >= 11 is 0. The van der Waals surface area contributed by atoms with Gasteiger partial charge in [-0.1, -0.05) is 6.07 Å². The van der Waals surface area contributed by atoms with Crippen molar-refractivity contribution in [3.63, 3.8) is 0 Å². The lowest BCUT2D eigenvalue weighted by Gasteiger charge is -2.16. The first-order valence-electron chi connectivity index (χ1n) is 5.16. The number of H-pyrrole nitrogens is 1. The summed E-state index contributed by atoms with van der Waals surface area (Å²) in [5.41, 5.74) is 1.61. The molecule has 0 bridgehead atoms. The first-order chi connectivity index (χ1) is 7.74. The van der Waals surface area contributed by atoms with E-state index >= 15 is 0 Å². The Hall–Kier alpha value is -1.81. The average molecular weight is 218 g/mol. The third kappa shape index (κ3) is 1.79. The van der Waals surface area contributed by atoms with Crippen molar-refractivity contribution < 1.29 is 9.90 Å². The van der Waals surface area contributed by atoms with Gasteiger partial charge in [0.2, 0.25) is 0 Å². The number of nitrogens with one attached hydrogen (secondary N) is 1. The van der Waals surface area contributed by atoms with Crippen LogP contribution in [0.5, 0.6) is 0 Å². The van der Waals surface area contributed by atoms with Gasteiger partial charge in [-0.2, -0.15) is 0 Å². The fraction of sp³-hybridized carbons (Fsp3) is 0.250.